The number of nitrogens with two attached hydrogens (primary N) is 2. The molecule has 0 unspecified atom stereocenters. The first-order chi connectivity index (χ1) is 13.8. The van der Waals surface area contributed by atoms with E-state index in [-0.39, 0.29) is 33.7 Å². The molecule has 30 heavy (non-hydrogen) atoms. The van der Waals surface area contributed by atoms with Crippen molar-refractivity contribution in [3.63, 3.8) is 0 Å². The number of alkyl halides is 3. The van der Waals surface area contributed by atoms with Crippen LogP contribution < -0.4 is 16.8 Å². The highest BCUT2D eigenvalue weighted by Crippen LogP contribution is 2.42. The van der Waals surface area contributed by atoms with E-state index in [9.17, 15) is 13.2 Å². The summed E-state index contributed by atoms with van der Waals surface area (Å²) in [7, 11) is 0. The molecule has 5 N–H and O–H groups in total. The third kappa shape index (κ3) is 4.85. The fraction of sp³-hybridized carbons (Fsp3) is 0.300. The molecule has 1 aromatic heterocycles. The van der Waals surface area contributed by atoms with Gasteiger partial charge in [-0.2, -0.15) is 22.8 Å². The minimum absolute atomic E-state index is 0.0174. The van der Waals surface area contributed by atoms with Gasteiger partial charge in [-0.3, -0.25) is 0 Å². The summed E-state index contributed by atoms with van der Waals surface area (Å²) in [6, 6.07) is 9.07. The van der Waals surface area contributed by atoms with Gasteiger partial charge in [0, 0.05) is 17.6 Å². The number of aromatic nitrogens is 3. The van der Waals surface area contributed by atoms with Crippen molar-refractivity contribution < 1.29 is 13.2 Å². The summed E-state index contributed by atoms with van der Waals surface area (Å²) in [5, 5.41) is 7.07. The van der Waals surface area contributed by atoms with Crippen LogP contribution in [0.5, 0.6) is 0 Å². The fourth-order valence-electron chi connectivity index (χ4n) is 2.92. The maximum Gasteiger partial charge on any atom is 0.417 e. The van der Waals surface area contributed by atoms with Crippen molar-refractivity contribution in [2.45, 2.75) is 39.0 Å². The van der Waals surface area contributed by atoms with Gasteiger partial charge in [0.25, 0.3) is 0 Å². The zero-order valence-corrected chi connectivity index (χ0v) is 17.4. The zero-order valence-electron chi connectivity index (χ0n) is 16.7. The number of hydrogen-bond donors (Lipinski definition) is 3. The number of hydrogen-bond acceptors (Lipinski definition) is 5. The third-order valence-electron chi connectivity index (χ3n) is 4.34. The quantitative estimate of drug-likeness (QED) is 0.550. The smallest absolute Gasteiger partial charge is 0.368 e. The molecule has 0 bridgehead atoms. The van der Waals surface area contributed by atoms with Crippen LogP contribution in [-0.2, 0) is 12.7 Å². The predicted molar refractivity (Wildman–Crippen MR) is 112 cm³/mol. The Balaban J connectivity index is 2.05. The molecule has 3 aromatic rings. The second-order valence-electron chi connectivity index (χ2n) is 7.89. The molecule has 0 fully saturated rings. The number of rotatable bonds is 4. The molecule has 0 aliphatic carbocycles. The number of benzene rings is 2. The Morgan fingerprint density at radius 2 is 1.70 bits per heavy atom. The van der Waals surface area contributed by atoms with Gasteiger partial charge in [0.2, 0.25) is 11.9 Å². The summed E-state index contributed by atoms with van der Waals surface area (Å²) in [6.07, 6.45) is -4.65. The molecule has 6 nitrogen and oxygen atoms in total. The standard InChI is InChI=1S/C20H22ClF3N6/c1-19(2,3)27-10-11-4-6-12(7-5-11)16-14(20(22,23)24)8-13(9-15(16)21)30-18(26)28-17(25)29-30/h4-9,27H,10H2,1-3H3,(H4,25,26,28,29). The van der Waals surface area contributed by atoms with Crippen LogP contribution in [0.3, 0.4) is 0 Å². The lowest BCUT2D eigenvalue weighted by Crippen LogP contribution is -2.35. The Morgan fingerprint density at radius 1 is 1.07 bits per heavy atom. The van der Waals surface area contributed by atoms with Crippen LogP contribution in [0, 0.1) is 0 Å². The number of nitrogens with zero attached hydrogens (tertiary/aromatic N) is 3. The molecule has 3 rings (SSSR count). The van der Waals surface area contributed by atoms with Crippen LogP contribution in [-0.4, -0.2) is 20.3 Å². The zero-order chi connectivity index (χ0) is 22.3. The number of anilines is 2. The van der Waals surface area contributed by atoms with Crippen molar-refractivity contribution >= 4 is 23.5 Å². The monoisotopic (exact) mass is 438 g/mol. The van der Waals surface area contributed by atoms with Crippen molar-refractivity contribution in [1.29, 1.82) is 0 Å². The molecule has 10 heteroatoms. The van der Waals surface area contributed by atoms with Gasteiger partial charge in [0.1, 0.15) is 0 Å². The van der Waals surface area contributed by atoms with Crippen molar-refractivity contribution in [3.8, 4) is 16.8 Å². The lowest BCUT2D eigenvalue weighted by atomic mass is 9.97. The summed E-state index contributed by atoms with van der Waals surface area (Å²) < 4.78 is 42.6. The Kier molecular flexibility index (Phi) is 5.70. The number of nitrogens with one attached hydrogen (secondary N) is 1. The Morgan fingerprint density at radius 3 is 2.20 bits per heavy atom. The molecule has 0 radical (unpaired) electrons. The molecular formula is C20H22ClF3N6. The van der Waals surface area contributed by atoms with Gasteiger partial charge in [-0.1, -0.05) is 35.9 Å². The van der Waals surface area contributed by atoms with Gasteiger partial charge in [-0.15, -0.1) is 5.10 Å². The minimum atomic E-state index is -4.65. The maximum atomic E-state index is 13.9. The van der Waals surface area contributed by atoms with Crippen molar-refractivity contribution in [2.24, 2.45) is 0 Å². The molecule has 0 saturated heterocycles. The highest BCUT2D eigenvalue weighted by Gasteiger charge is 2.35. The summed E-state index contributed by atoms with van der Waals surface area (Å²) >= 11 is 6.30. The highest BCUT2D eigenvalue weighted by molar-refractivity contribution is 6.33. The average molecular weight is 439 g/mol. The molecule has 0 aliphatic rings. The highest BCUT2D eigenvalue weighted by atomic mass is 35.5. The summed E-state index contributed by atoms with van der Waals surface area (Å²) in [6.45, 7) is 6.70. The van der Waals surface area contributed by atoms with E-state index in [1.165, 1.54) is 6.07 Å². The van der Waals surface area contributed by atoms with Gasteiger partial charge in [0.15, 0.2) is 0 Å². The van der Waals surface area contributed by atoms with Crippen LogP contribution in [0.2, 0.25) is 5.02 Å². The molecule has 0 saturated carbocycles. The summed E-state index contributed by atoms with van der Waals surface area (Å²) in [5.41, 5.74) is 11.4. The van der Waals surface area contributed by atoms with Gasteiger partial charge < -0.3 is 16.8 Å². The second-order valence-corrected chi connectivity index (χ2v) is 8.30. The first kappa shape index (κ1) is 21.9. The molecule has 2 aromatic carbocycles. The maximum absolute atomic E-state index is 13.9. The van der Waals surface area contributed by atoms with Gasteiger partial charge in [-0.25, -0.2) is 0 Å². The van der Waals surface area contributed by atoms with Crippen LogP contribution in [0.25, 0.3) is 16.8 Å². The van der Waals surface area contributed by atoms with Gasteiger partial charge in [0.05, 0.1) is 16.3 Å². The van der Waals surface area contributed by atoms with E-state index in [2.05, 4.69) is 15.4 Å². The number of nitrogen functional groups attached to an aromatic ring is 2. The van der Waals surface area contributed by atoms with Gasteiger partial charge >= 0.3 is 6.18 Å². The second kappa shape index (κ2) is 7.81. The van der Waals surface area contributed by atoms with Crippen LogP contribution >= 0.6 is 11.6 Å². The van der Waals surface area contributed by atoms with Gasteiger partial charge in [-0.05, 0) is 44.0 Å². The average Bonchev–Trinajstić information content (AvgIpc) is 2.97. The van der Waals surface area contributed by atoms with E-state index in [0.29, 0.717) is 12.1 Å². The molecule has 1 heterocycles. The van der Waals surface area contributed by atoms with E-state index in [1.807, 2.05) is 20.8 Å². The minimum Gasteiger partial charge on any atom is -0.368 e. The van der Waals surface area contributed by atoms with E-state index in [0.717, 1.165) is 16.3 Å². The molecule has 0 atom stereocenters. The lowest BCUT2D eigenvalue weighted by Gasteiger charge is -2.21. The van der Waals surface area contributed by atoms with Crippen molar-refractivity contribution in [3.05, 3.63) is 52.5 Å². The number of halogens is 4. The van der Waals surface area contributed by atoms with Crippen LogP contribution in [0.4, 0.5) is 25.1 Å². The van der Waals surface area contributed by atoms with E-state index in [4.69, 9.17) is 23.1 Å². The summed E-state index contributed by atoms with van der Waals surface area (Å²) in [4.78, 5) is 3.71. The Labute approximate surface area is 177 Å². The lowest BCUT2D eigenvalue weighted by molar-refractivity contribution is -0.137. The molecule has 0 aliphatic heterocycles. The first-order valence-electron chi connectivity index (χ1n) is 9.08. The Hall–Kier alpha value is -2.78. The molecular weight excluding hydrogens is 417 g/mol. The summed E-state index contributed by atoms with van der Waals surface area (Å²) in [5.74, 6) is -0.291. The van der Waals surface area contributed by atoms with E-state index < -0.39 is 11.7 Å². The van der Waals surface area contributed by atoms with Crippen molar-refractivity contribution in [1.82, 2.24) is 20.1 Å². The predicted octanol–water partition coefficient (Wildman–Crippen LogP) is 4.66. The first-order valence-corrected chi connectivity index (χ1v) is 9.46. The molecule has 0 amide bonds. The topological polar surface area (TPSA) is 94.8 Å². The fourth-order valence-corrected chi connectivity index (χ4v) is 3.24. The Bertz CT molecular complexity index is 1050. The SMILES string of the molecule is CC(C)(C)NCc1ccc(-c2c(Cl)cc(-n3nc(N)nc3N)cc2C(F)(F)F)cc1. The largest absolute Gasteiger partial charge is 0.417 e. The van der Waals surface area contributed by atoms with E-state index in [1.54, 1.807) is 24.3 Å². The molecule has 160 valence electrons. The third-order valence-corrected chi connectivity index (χ3v) is 4.64. The molecule has 0 spiro atoms. The van der Waals surface area contributed by atoms with Crippen LogP contribution in [0.15, 0.2) is 36.4 Å². The normalized spacial score (nSPS) is 12.4. The van der Waals surface area contributed by atoms with E-state index >= 15 is 0 Å². The van der Waals surface area contributed by atoms with Crippen molar-refractivity contribution in [2.75, 3.05) is 11.5 Å². The van der Waals surface area contributed by atoms with Crippen LogP contribution in [0.1, 0.15) is 31.9 Å².